The van der Waals surface area contributed by atoms with Crippen molar-refractivity contribution in [1.82, 2.24) is 9.55 Å². The topological polar surface area (TPSA) is 162 Å². The predicted molar refractivity (Wildman–Crippen MR) is 226 cm³/mol. The van der Waals surface area contributed by atoms with E-state index in [9.17, 15) is 24.9 Å². The summed E-state index contributed by atoms with van der Waals surface area (Å²) in [6.07, 6.45) is -7.76. The molecule has 0 radical (unpaired) electrons. The summed E-state index contributed by atoms with van der Waals surface area (Å²) in [5.41, 5.74) is 1.88. The molecule has 9 atom stereocenters. The zero-order valence-electron chi connectivity index (χ0n) is 33.5. The zero-order chi connectivity index (χ0) is 42.2. The third kappa shape index (κ3) is 9.37. The number of aliphatic hydroxyl groups excluding tert-OH is 3. The second-order valence-corrected chi connectivity index (χ2v) is 15.5. The second kappa shape index (κ2) is 19.4. The van der Waals surface area contributed by atoms with E-state index in [1.165, 1.54) is 12.3 Å². The molecular weight excluding hydrogens is 777 g/mol. The highest BCUT2D eigenvalue weighted by atomic mass is 16.6. The Morgan fingerprint density at radius 3 is 1.64 bits per heavy atom. The number of hydrogen-bond acceptors (Lipinski definition) is 10. The molecule has 0 saturated carbocycles. The molecule has 0 spiro atoms. The van der Waals surface area contributed by atoms with Gasteiger partial charge in [-0.05, 0) is 34.2 Å². The number of aromatic nitrogens is 2. The molecule has 3 heterocycles. The van der Waals surface area contributed by atoms with E-state index in [1.807, 2.05) is 152 Å². The minimum atomic E-state index is -1.43. The summed E-state index contributed by atoms with van der Waals surface area (Å²) in [7, 11) is 0. The number of nitrogens with zero attached hydrogens (tertiary/aromatic N) is 1. The first-order valence-electron chi connectivity index (χ1n) is 20.6. The van der Waals surface area contributed by atoms with Crippen LogP contribution in [-0.2, 0) is 42.5 Å². The van der Waals surface area contributed by atoms with E-state index in [-0.39, 0.29) is 32.8 Å². The van der Waals surface area contributed by atoms with Crippen LogP contribution in [0.1, 0.15) is 40.5 Å². The van der Waals surface area contributed by atoms with Crippen LogP contribution in [-0.4, -0.2) is 80.8 Å². The van der Waals surface area contributed by atoms with Gasteiger partial charge in [0.25, 0.3) is 5.56 Å². The lowest BCUT2D eigenvalue weighted by atomic mass is 9.80. The highest BCUT2D eigenvalue weighted by Crippen LogP contribution is 2.43. The molecule has 0 bridgehead atoms. The molecule has 5 aromatic carbocycles. The predicted octanol–water partition coefficient (Wildman–Crippen LogP) is 5.10. The summed E-state index contributed by atoms with van der Waals surface area (Å²) in [6.45, 7) is 0.268. The van der Waals surface area contributed by atoms with Gasteiger partial charge in [0.2, 0.25) is 0 Å². The number of aromatic amines is 1. The maximum Gasteiger partial charge on any atom is 0.330 e. The van der Waals surface area contributed by atoms with Crippen molar-refractivity contribution in [2.24, 2.45) is 5.92 Å². The van der Waals surface area contributed by atoms with Crippen molar-refractivity contribution in [3.8, 4) is 0 Å². The summed E-state index contributed by atoms with van der Waals surface area (Å²) in [5.74, 6) is -0.728. The second-order valence-electron chi connectivity index (χ2n) is 15.5. The average Bonchev–Trinajstić information content (AvgIpc) is 3.60. The van der Waals surface area contributed by atoms with Crippen LogP contribution < -0.4 is 11.2 Å². The van der Waals surface area contributed by atoms with E-state index in [2.05, 4.69) is 4.98 Å². The molecule has 2 fully saturated rings. The molecule has 61 heavy (non-hydrogen) atoms. The van der Waals surface area contributed by atoms with Gasteiger partial charge in [-0.3, -0.25) is 14.3 Å². The first kappa shape index (κ1) is 42.2. The molecule has 316 valence electrons. The van der Waals surface area contributed by atoms with Crippen LogP contribution in [0.4, 0.5) is 0 Å². The Morgan fingerprint density at radius 2 is 1.10 bits per heavy atom. The maximum atomic E-state index is 13.0. The number of benzene rings is 5. The lowest BCUT2D eigenvalue weighted by Crippen LogP contribution is -2.60. The average molecular weight is 827 g/mol. The molecule has 8 rings (SSSR count). The Bertz CT molecular complexity index is 2290. The molecule has 4 N–H and O–H groups in total. The van der Waals surface area contributed by atoms with Gasteiger partial charge in [-0.2, -0.15) is 0 Å². The van der Waals surface area contributed by atoms with E-state index in [0.29, 0.717) is 0 Å². The smallest absolute Gasteiger partial charge is 0.330 e. The highest BCUT2D eigenvalue weighted by molar-refractivity contribution is 5.47. The third-order valence-electron chi connectivity index (χ3n) is 11.6. The Kier molecular flexibility index (Phi) is 13.4. The number of H-pyrrole nitrogens is 1. The van der Waals surface area contributed by atoms with Crippen LogP contribution in [0, 0.1) is 5.92 Å². The summed E-state index contributed by atoms with van der Waals surface area (Å²) < 4.78 is 33.9. The van der Waals surface area contributed by atoms with Crippen LogP contribution in [0.5, 0.6) is 0 Å². The minimum Gasteiger partial charge on any atom is -0.388 e. The van der Waals surface area contributed by atoms with Gasteiger partial charge in [0, 0.05) is 18.2 Å². The van der Waals surface area contributed by atoms with Crippen LogP contribution in [0.3, 0.4) is 0 Å². The lowest BCUT2D eigenvalue weighted by molar-refractivity contribution is -0.255. The van der Waals surface area contributed by atoms with Gasteiger partial charge < -0.3 is 39.0 Å². The molecule has 6 aromatic rings. The molecular formula is C49H50N2O10. The largest absolute Gasteiger partial charge is 0.388 e. The summed E-state index contributed by atoms with van der Waals surface area (Å²) in [4.78, 5) is 27.2. The van der Waals surface area contributed by atoms with Crippen LogP contribution in [0.2, 0.25) is 0 Å². The number of aliphatic hydroxyl groups is 3. The maximum absolute atomic E-state index is 13.0. The van der Waals surface area contributed by atoms with E-state index in [1.54, 1.807) is 0 Å². The van der Waals surface area contributed by atoms with Crippen LogP contribution >= 0.6 is 0 Å². The first-order chi connectivity index (χ1) is 29.8. The summed E-state index contributed by atoms with van der Waals surface area (Å²) >= 11 is 0. The van der Waals surface area contributed by atoms with Crippen molar-refractivity contribution in [2.45, 2.75) is 74.2 Å². The van der Waals surface area contributed by atoms with Crippen molar-refractivity contribution >= 4 is 0 Å². The van der Waals surface area contributed by atoms with E-state index in [4.69, 9.17) is 23.7 Å². The highest BCUT2D eigenvalue weighted by Gasteiger charge is 2.52. The Balaban J connectivity index is 1.12. The number of nitrogens with one attached hydrogen (secondary N) is 1. The molecule has 0 aliphatic carbocycles. The van der Waals surface area contributed by atoms with Crippen molar-refractivity contribution in [3.05, 3.63) is 213 Å². The van der Waals surface area contributed by atoms with Gasteiger partial charge >= 0.3 is 5.69 Å². The van der Waals surface area contributed by atoms with Crippen LogP contribution in [0.25, 0.3) is 0 Å². The fourth-order valence-corrected chi connectivity index (χ4v) is 8.53. The SMILES string of the molecule is O=c1ccn([C@@H]2O[C@H](COCc3ccccc3)[C@@H](C[C@H]3O[C@H](COC(c4ccccc4)(c4ccccc4)c4ccccc4)[C@@H](O)[C@H](O)[C@H]3OCc3ccccc3)[C@H]2O)c(=O)[nH]1. The van der Waals surface area contributed by atoms with Crippen LogP contribution in [0.15, 0.2) is 174 Å². The van der Waals surface area contributed by atoms with Gasteiger partial charge in [0.1, 0.15) is 36.1 Å². The van der Waals surface area contributed by atoms with Crippen molar-refractivity contribution in [2.75, 3.05) is 13.2 Å². The molecule has 2 aliphatic rings. The first-order valence-corrected chi connectivity index (χ1v) is 20.6. The Labute approximate surface area is 353 Å². The number of hydrogen-bond donors (Lipinski definition) is 4. The Morgan fingerprint density at radius 1 is 0.574 bits per heavy atom. The quantitative estimate of drug-likeness (QED) is 0.0967. The standard InChI is InChI=1S/C49H50N2O10/c52-42-26-27-51(48(56)50-42)47-43(53)38(40(61-47)31-57-29-33-16-6-1-7-17-33)28-39-46(58-30-34-18-8-2-9-19-34)45(55)44(54)41(60-39)32-59-49(35-20-10-3-11-21-35,36-22-12-4-13-23-36)37-24-14-5-15-25-37/h1-27,38-41,43-47,53-55H,28-32H2,(H,50,52,56)/t38-,39-,40-,41-,43-,44-,45+,46+,47-/m1/s1. The minimum absolute atomic E-state index is 0.0406. The Hall–Kier alpha value is -5.54. The van der Waals surface area contributed by atoms with E-state index >= 15 is 0 Å². The number of ether oxygens (including phenoxy) is 5. The molecule has 2 saturated heterocycles. The molecule has 2 aliphatic heterocycles. The number of rotatable bonds is 16. The molecule has 12 heteroatoms. The summed E-state index contributed by atoms with van der Waals surface area (Å²) in [6, 6.07) is 49.7. The molecule has 1 aromatic heterocycles. The van der Waals surface area contributed by atoms with Gasteiger partial charge in [0.15, 0.2) is 6.23 Å². The van der Waals surface area contributed by atoms with Crippen molar-refractivity contribution < 1.29 is 39.0 Å². The van der Waals surface area contributed by atoms with Crippen molar-refractivity contribution in [3.63, 3.8) is 0 Å². The monoisotopic (exact) mass is 826 g/mol. The molecule has 12 nitrogen and oxygen atoms in total. The van der Waals surface area contributed by atoms with E-state index in [0.717, 1.165) is 32.4 Å². The lowest BCUT2D eigenvalue weighted by Gasteiger charge is -2.45. The molecule has 0 unspecified atom stereocenters. The summed E-state index contributed by atoms with van der Waals surface area (Å²) in [5, 5.41) is 35.9. The zero-order valence-corrected chi connectivity index (χ0v) is 33.5. The fourth-order valence-electron chi connectivity index (χ4n) is 8.53. The molecule has 0 amide bonds. The van der Waals surface area contributed by atoms with Gasteiger partial charge in [-0.25, -0.2) is 4.79 Å². The third-order valence-corrected chi connectivity index (χ3v) is 11.6. The normalized spacial score (nSPS) is 25.3. The van der Waals surface area contributed by atoms with Gasteiger partial charge in [0.05, 0.1) is 38.6 Å². The van der Waals surface area contributed by atoms with E-state index < -0.39 is 71.7 Å². The van der Waals surface area contributed by atoms with Gasteiger partial charge in [-0.15, -0.1) is 0 Å². The van der Waals surface area contributed by atoms with Gasteiger partial charge in [-0.1, -0.05) is 152 Å². The van der Waals surface area contributed by atoms with Crippen molar-refractivity contribution in [1.29, 1.82) is 0 Å². The fraction of sp³-hybridized carbons (Fsp3) is 0.306.